The fraction of sp³-hybridized carbons (Fsp3) is 0.476. The molecule has 1 aliphatic rings. The average Bonchev–Trinajstić information content (AvgIpc) is 3.14. The summed E-state index contributed by atoms with van der Waals surface area (Å²) in [5.74, 6) is 0.606. The number of hydrogen-bond donors (Lipinski definition) is 2. The van der Waals surface area contributed by atoms with Gasteiger partial charge in [0.1, 0.15) is 11.5 Å². The van der Waals surface area contributed by atoms with Crippen LogP contribution < -0.4 is 16.2 Å². The van der Waals surface area contributed by atoms with Crippen molar-refractivity contribution >= 4 is 35.1 Å². The third-order valence-corrected chi connectivity index (χ3v) is 5.90. The molecule has 0 aliphatic carbocycles. The predicted molar refractivity (Wildman–Crippen MR) is 123 cm³/mol. The van der Waals surface area contributed by atoms with E-state index in [4.69, 9.17) is 27.9 Å². The molecule has 0 saturated carbocycles. The number of amides is 2. The molecule has 0 radical (unpaired) electrons. The van der Waals surface area contributed by atoms with Gasteiger partial charge in [0.15, 0.2) is 0 Å². The van der Waals surface area contributed by atoms with E-state index in [0.717, 1.165) is 5.69 Å². The van der Waals surface area contributed by atoms with Crippen LogP contribution in [0.1, 0.15) is 19.5 Å². The largest absolute Gasteiger partial charge is 0.374 e. The standard InChI is InChI=1S/C21H27Cl2N5O3/c1-5-15-19(26-16-10-28(21(30)24-3)11-17(16)31-6-2)27(4)20(29)18(25-15)13-8-7-12(22)9-14(13)23/h7-9,16-17,26H,5-6,10-11H2,1-4H3,(H,24,30)/t16-,17+/m1/s1. The first-order valence-corrected chi connectivity index (χ1v) is 11.0. The van der Waals surface area contributed by atoms with Crippen molar-refractivity contribution < 1.29 is 9.53 Å². The quantitative estimate of drug-likeness (QED) is 0.680. The molecule has 31 heavy (non-hydrogen) atoms. The Bertz CT molecular complexity index is 1030. The number of urea groups is 1. The van der Waals surface area contributed by atoms with Gasteiger partial charge in [-0.25, -0.2) is 9.78 Å². The molecule has 168 valence electrons. The molecule has 1 fully saturated rings. The number of aryl methyl sites for hydroxylation is 1. The second-order valence-electron chi connectivity index (χ2n) is 7.30. The number of nitrogens with one attached hydrogen (secondary N) is 2. The first kappa shape index (κ1) is 23.4. The highest BCUT2D eigenvalue weighted by Gasteiger charge is 2.36. The minimum absolute atomic E-state index is 0.163. The predicted octanol–water partition coefficient (Wildman–Crippen LogP) is 3.16. The highest BCUT2D eigenvalue weighted by atomic mass is 35.5. The van der Waals surface area contributed by atoms with Crippen molar-refractivity contribution in [1.82, 2.24) is 19.8 Å². The number of benzene rings is 1. The maximum absolute atomic E-state index is 13.2. The average molecular weight is 468 g/mol. The van der Waals surface area contributed by atoms with Gasteiger partial charge in [0, 0.05) is 37.8 Å². The van der Waals surface area contributed by atoms with Crippen LogP contribution in [0.5, 0.6) is 0 Å². The molecule has 0 bridgehead atoms. The van der Waals surface area contributed by atoms with Crippen molar-refractivity contribution in [3.05, 3.63) is 44.3 Å². The van der Waals surface area contributed by atoms with Crippen LogP contribution in [-0.2, 0) is 18.2 Å². The van der Waals surface area contributed by atoms with Gasteiger partial charge in [0.05, 0.1) is 29.4 Å². The second kappa shape index (κ2) is 9.89. The number of aromatic nitrogens is 2. The van der Waals surface area contributed by atoms with Gasteiger partial charge in [-0.05, 0) is 31.5 Å². The summed E-state index contributed by atoms with van der Waals surface area (Å²) >= 11 is 12.3. The van der Waals surface area contributed by atoms with E-state index in [0.29, 0.717) is 47.5 Å². The fourth-order valence-electron chi connectivity index (χ4n) is 3.77. The number of halogens is 2. The van der Waals surface area contributed by atoms with Gasteiger partial charge in [-0.3, -0.25) is 9.36 Å². The lowest BCUT2D eigenvalue weighted by Gasteiger charge is -2.24. The molecule has 2 amide bonds. The van der Waals surface area contributed by atoms with Gasteiger partial charge in [0.25, 0.3) is 5.56 Å². The van der Waals surface area contributed by atoms with Crippen LogP contribution in [0.15, 0.2) is 23.0 Å². The summed E-state index contributed by atoms with van der Waals surface area (Å²) < 4.78 is 7.39. The summed E-state index contributed by atoms with van der Waals surface area (Å²) in [5, 5.41) is 6.92. The molecule has 10 heteroatoms. The lowest BCUT2D eigenvalue weighted by molar-refractivity contribution is 0.0654. The lowest BCUT2D eigenvalue weighted by Crippen LogP contribution is -2.38. The van der Waals surface area contributed by atoms with Crippen LogP contribution in [0.3, 0.4) is 0 Å². The van der Waals surface area contributed by atoms with E-state index in [-0.39, 0.29) is 29.4 Å². The topological polar surface area (TPSA) is 88.5 Å². The summed E-state index contributed by atoms with van der Waals surface area (Å²) in [6.07, 6.45) is 0.396. The van der Waals surface area contributed by atoms with E-state index in [1.54, 1.807) is 37.2 Å². The normalized spacial score (nSPS) is 18.3. The number of nitrogens with zero attached hydrogens (tertiary/aromatic N) is 3. The summed E-state index contributed by atoms with van der Waals surface area (Å²) in [7, 11) is 3.29. The summed E-state index contributed by atoms with van der Waals surface area (Å²) in [6.45, 7) is 5.32. The monoisotopic (exact) mass is 467 g/mol. The van der Waals surface area contributed by atoms with Crippen molar-refractivity contribution in [2.24, 2.45) is 7.05 Å². The zero-order valence-electron chi connectivity index (χ0n) is 18.0. The first-order valence-electron chi connectivity index (χ1n) is 10.2. The van der Waals surface area contributed by atoms with Crippen molar-refractivity contribution in [3.63, 3.8) is 0 Å². The molecule has 1 aliphatic heterocycles. The highest BCUT2D eigenvalue weighted by molar-refractivity contribution is 6.36. The van der Waals surface area contributed by atoms with Gasteiger partial charge < -0.3 is 20.3 Å². The molecule has 1 aromatic heterocycles. The number of carbonyl (C=O) groups excluding carboxylic acids is 1. The van der Waals surface area contributed by atoms with E-state index >= 15 is 0 Å². The lowest BCUT2D eigenvalue weighted by atomic mass is 10.1. The van der Waals surface area contributed by atoms with Gasteiger partial charge in [-0.1, -0.05) is 30.1 Å². The first-order chi connectivity index (χ1) is 14.8. The van der Waals surface area contributed by atoms with E-state index in [1.165, 1.54) is 4.57 Å². The van der Waals surface area contributed by atoms with Crippen LogP contribution in [0, 0.1) is 0 Å². The molecule has 0 spiro atoms. The van der Waals surface area contributed by atoms with Crippen LogP contribution in [0.2, 0.25) is 10.0 Å². The van der Waals surface area contributed by atoms with Gasteiger partial charge in [-0.2, -0.15) is 0 Å². The minimum Gasteiger partial charge on any atom is -0.374 e. The molecule has 2 atom stereocenters. The summed E-state index contributed by atoms with van der Waals surface area (Å²) in [5.41, 5.74) is 1.24. The van der Waals surface area contributed by atoms with Crippen LogP contribution >= 0.6 is 23.2 Å². The molecule has 0 unspecified atom stereocenters. The second-order valence-corrected chi connectivity index (χ2v) is 8.15. The number of likely N-dealkylation sites (tertiary alicyclic amines) is 1. The number of rotatable bonds is 6. The Labute approximate surface area is 191 Å². The maximum atomic E-state index is 13.2. The fourth-order valence-corrected chi connectivity index (χ4v) is 4.27. The Morgan fingerprint density at radius 1 is 1.29 bits per heavy atom. The van der Waals surface area contributed by atoms with Crippen LogP contribution in [-0.4, -0.2) is 59.4 Å². The smallest absolute Gasteiger partial charge is 0.317 e. The number of ether oxygens (including phenoxy) is 1. The Balaban J connectivity index is 1.99. The van der Waals surface area contributed by atoms with Crippen LogP contribution in [0.4, 0.5) is 10.6 Å². The van der Waals surface area contributed by atoms with Crippen molar-refractivity contribution in [2.45, 2.75) is 32.4 Å². The van der Waals surface area contributed by atoms with Crippen LogP contribution in [0.25, 0.3) is 11.3 Å². The molecule has 2 heterocycles. The number of hydrogen-bond acceptors (Lipinski definition) is 5. The molecule has 1 saturated heterocycles. The molecule has 3 rings (SSSR count). The van der Waals surface area contributed by atoms with E-state index in [2.05, 4.69) is 15.6 Å². The third kappa shape index (κ3) is 4.81. The molecule has 1 aromatic carbocycles. The Morgan fingerprint density at radius 2 is 2.03 bits per heavy atom. The number of anilines is 1. The van der Waals surface area contributed by atoms with E-state index in [1.807, 2.05) is 13.8 Å². The Hall–Kier alpha value is -2.29. The molecule has 2 aromatic rings. The molecular formula is C21H27Cl2N5O3. The molecular weight excluding hydrogens is 441 g/mol. The SMILES string of the molecule is CCO[C@H]1CN(C(=O)NC)C[C@H]1Nc1c(CC)nc(-c2ccc(Cl)cc2Cl)c(=O)n1C. The zero-order valence-corrected chi connectivity index (χ0v) is 19.5. The zero-order chi connectivity index (χ0) is 22.7. The Kier molecular flexibility index (Phi) is 7.46. The minimum atomic E-state index is -0.280. The van der Waals surface area contributed by atoms with Gasteiger partial charge in [-0.15, -0.1) is 0 Å². The van der Waals surface area contributed by atoms with Crippen molar-refractivity contribution in [2.75, 3.05) is 32.1 Å². The summed E-state index contributed by atoms with van der Waals surface area (Å²) in [6, 6.07) is 4.63. The van der Waals surface area contributed by atoms with Crippen molar-refractivity contribution in [1.29, 1.82) is 0 Å². The van der Waals surface area contributed by atoms with E-state index in [9.17, 15) is 9.59 Å². The molecule has 2 N–H and O–H groups in total. The van der Waals surface area contributed by atoms with Crippen molar-refractivity contribution in [3.8, 4) is 11.3 Å². The number of carbonyl (C=O) groups is 1. The Morgan fingerprint density at radius 3 is 2.65 bits per heavy atom. The summed E-state index contributed by atoms with van der Waals surface area (Å²) in [4.78, 5) is 31.6. The van der Waals surface area contributed by atoms with Gasteiger partial charge in [0.2, 0.25) is 0 Å². The molecule has 8 nitrogen and oxygen atoms in total. The highest BCUT2D eigenvalue weighted by Crippen LogP contribution is 2.29. The third-order valence-electron chi connectivity index (χ3n) is 5.35. The van der Waals surface area contributed by atoms with E-state index < -0.39 is 0 Å². The maximum Gasteiger partial charge on any atom is 0.317 e. The van der Waals surface area contributed by atoms with Gasteiger partial charge >= 0.3 is 6.03 Å².